The van der Waals surface area contributed by atoms with Crippen molar-refractivity contribution < 1.29 is 9.47 Å². The molecular formula is C12H15N3O2. The number of hydrogen-bond donors (Lipinski definition) is 1. The normalized spacial score (nSPS) is 10.2. The highest BCUT2D eigenvalue weighted by atomic mass is 16.5. The molecule has 17 heavy (non-hydrogen) atoms. The maximum Gasteiger partial charge on any atom is 0.301 e. The van der Waals surface area contributed by atoms with Crippen LogP contribution in [0, 0.1) is 0 Å². The number of nitrogens with zero attached hydrogens (tertiary/aromatic N) is 2. The van der Waals surface area contributed by atoms with Gasteiger partial charge in [0.05, 0.1) is 12.8 Å². The Morgan fingerprint density at radius 2 is 2.24 bits per heavy atom. The average Bonchev–Trinajstić information content (AvgIpc) is 2.79. The monoisotopic (exact) mass is 233 g/mol. The van der Waals surface area contributed by atoms with Crippen molar-refractivity contribution in [2.24, 2.45) is 0 Å². The molecule has 0 aliphatic heterocycles. The summed E-state index contributed by atoms with van der Waals surface area (Å²) in [5, 5.41) is 0. The molecule has 1 heterocycles. The van der Waals surface area contributed by atoms with Crippen LogP contribution in [0.15, 0.2) is 30.6 Å². The quantitative estimate of drug-likeness (QED) is 0.823. The lowest BCUT2D eigenvalue weighted by Gasteiger charge is -2.10. The molecule has 0 aliphatic rings. The Kier molecular flexibility index (Phi) is 3.18. The number of nitrogens with two attached hydrogens (primary N) is 1. The molecule has 1 aromatic carbocycles. The molecule has 1 aromatic heterocycles. The predicted octanol–water partition coefficient (Wildman–Crippen LogP) is 2.29. The molecule has 2 N–H and O–H groups in total. The van der Waals surface area contributed by atoms with Crippen molar-refractivity contribution >= 4 is 5.69 Å². The van der Waals surface area contributed by atoms with E-state index in [0.29, 0.717) is 23.2 Å². The largest absolute Gasteiger partial charge is 0.497 e. The van der Waals surface area contributed by atoms with E-state index in [1.165, 1.54) is 0 Å². The van der Waals surface area contributed by atoms with Gasteiger partial charge >= 0.3 is 6.01 Å². The van der Waals surface area contributed by atoms with Gasteiger partial charge in [-0.2, -0.15) is 0 Å². The second-order valence-electron chi connectivity index (χ2n) is 3.50. The van der Waals surface area contributed by atoms with E-state index in [-0.39, 0.29) is 0 Å². The fraction of sp³-hybridized carbons (Fsp3) is 0.250. The molecule has 0 saturated heterocycles. The minimum absolute atomic E-state index is 0.521. The summed E-state index contributed by atoms with van der Waals surface area (Å²) < 4.78 is 12.7. The first-order chi connectivity index (χ1) is 8.24. The van der Waals surface area contributed by atoms with E-state index >= 15 is 0 Å². The number of benzene rings is 1. The first kappa shape index (κ1) is 11.3. The summed E-state index contributed by atoms with van der Waals surface area (Å²) in [4.78, 5) is 4.12. The van der Waals surface area contributed by atoms with Gasteiger partial charge in [0.1, 0.15) is 5.75 Å². The SMILES string of the molecule is CCn1ccnc1Oc1cc(OC)ccc1N. The smallest absolute Gasteiger partial charge is 0.301 e. The summed E-state index contributed by atoms with van der Waals surface area (Å²) in [6.45, 7) is 2.81. The number of anilines is 1. The molecule has 5 nitrogen and oxygen atoms in total. The molecule has 0 aliphatic carbocycles. The van der Waals surface area contributed by atoms with Crippen LogP contribution in [-0.4, -0.2) is 16.7 Å². The summed E-state index contributed by atoms with van der Waals surface area (Å²) >= 11 is 0. The van der Waals surface area contributed by atoms with Crippen molar-refractivity contribution in [3.8, 4) is 17.5 Å². The van der Waals surface area contributed by atoms with Crippen LogP contribution in [-0.2, 0) is 6.54 Å². The van der Waals surface area contributed by atoms with Gasteiger partial charge in [-0.25, -0.2) is 4.98 Å². The van der Waals surface area contributed by atoms with E-state index in [4.69, 9.17) is 15.2 Å². The van der Waals surface area contributed by atoms with Gasteiger partial charge in [-0.05, 0) is 19.1 Å². The Morgan fingerprint density at radius 1 is 1.41 bits per heavy atom. The van der Waals surface area contributed by atoms with E-state index < -0.39 is 0 Å². The molecule has 0 radical (unpaired) electrons. The first-order valence-corrected chi connectivity index (χ1v) is 5.37. The third-order valence-electron chi connectivity index (χ3n) is 2.44. The van der Waals surface area contributed by atoms with E-state index in [2.05, 4.69) is 4.98 Å². The summed E-state index contributed by atoms with van der Waals surface area (Å²) in [6, 6.07) is 5.79. The fourth-order valence-corrected chi connectivity index (χ4v) is 1.47. The number of imidazole rings is 1. The Hall–Kier alpha value is -2.17. The third kappa shape index (κ3) is 2.33. The Morgan fingerprint density at radius 3 is 2.94 bits per heavy atom. The lowest BCUT2D eigenvalue weighted by atomic mass is 10.3. The molecule has 2 aromatic rings. The standard InChI is InChI=1S/C12H15N3O2/c1-3-15-7-6-14-12(15)17-11-8-9(16-2)4-5-10(11)13/h4-8H,3,13H2,1-2H3. The summed E-state index contributed by atoms with van der Waals surface area (Å²) in [6.07, 6.45) is 3.54. The molecule has 0 saturated carbocycles. The molecule has 2 rings (SSSR count). The number of rotatable bonds is 4. The van der Waals surface area contributed by atoms with Crippen LogP contribution in [0.3, 0.4) is 0 Å². The highest BCUT2D eigenvalue weighted by Gasteiger charge is 2.08. The van der Waals surface area contributed by atoms with E-state index in [1.807, 2.05) is 17.7 Å². The van der Waals surface area contributed by atoms with Crippen LogP contribution in [0.5, 0.6) is 17.5 Å². The number of nitrogen functional groups attached to an aromatic ring is 1. The highest BCUT2D eigenvalue weighted by Crippen LogP contribution is 2.30. The number of methoxy groups -OCH3 is 1. The summed E-state index contributed by atoms with van der Waals surface area (Å²) in [5.41, 5.74) is 6.39. The Bertz CT molecular complexity index is 508. The van der Waals surface area contributed by atoms with Crippen LogP contribution < -0.4 is 15.2 Å². The number of aromatic nitrogens is 2. The predicted molar refractivity (Wildman–Crippen MR) is 65.4 cm³/mol. The topological polar surface area (TPSA) is 62.3 Å². The minimum atomic E-state index is 0.521. The van der Waals surface area contributed by atoms with E-state index in [9.17, 15) is 0 Å². The van der Waals surface area contributed by atoms with Crippen molar-refractivity contribution in [3.63, 3.8) is 0 Å². The van der Waals surface area contributed by atoms with Gasteiger partial charge < -0.3 is 19.8 Å². The van der Waals surface area contributed by atoms with Gasteiger partial charge in [0.25, 0.3) is 0 Å². The summed E-state index contributed by atoms with van der Waals surface area (Å²) in [5.74, 6) is 1.24. The minimum Gasteiger partial charge on any atom is -0.497 e. The van der Waals surface area contributed by atoms with Gasteiger partial charge in [-0.3, -0.25) is 0 Å². The van der Waals surface area contributed by atoms with Gasteiger partial charge in [0, 0.05) is 25.0 Å². The van der Waals surface area contributed by atoms with Crippen molar-refractivity contribution in [2.45, 2.75) is 13.5 Å². The maximum atomic E-state index is 5.83. The third-order valence-corrected chi connectivity index (χ3v) is 2.44. The van der Waals surface area contributed by atoms with Crippen molar-refractivity contribution in [1.29, 1.82) is 0 Å². The van der Waals surface area contributed by atoms with Crippen molar-refractivity contribution in [3.05, 3.63) is 30.6 Å². The first-order valence-electron chi connectivity index (χ1n) is 5.37. The van der Waals surface area contributed by atoms with Crippen LogP contribution in [0.2, 0.25) is 0 Å². The van der Waals surface area contributed by atoms with Gasteiger partial charge in [-0.15, -0.1) is 0 Å². The summed E-state index contributed by atoms with van der Waals surface area (Å²) in [7, 11) is 1.60. The molecule has 5 heteroatoms. The fourth-order valence-electron chi connectivity index (χ4n) is 1.47. The van der Waals surface area contributed by atoms with Crippen LogP contribution in [0.1, 0.15) is 6.92 Å². The van der Waals surface area contributed by atoms with E-state index in [0.717, 1.165) is 6.54 Å². The molecule has 0 amide bonds. The van der Waals surface area contributed by atoms with Crippen molar-refractivity contribution in [1.82, 2.24) is 9.55 Å². The zero-order chi connectivity index (χ0) is 12.3. The number of ether oxygens (including phenoxy) is 2. The number of hydrogen-bond acceptors (Lipinski definition) is 4. The van der Waals surface area contributed by atoms with Crippen LogP contribution in [0.25, 0.3) is 0 Å². The molecule has 0 atom stereocenters. The Labute approximate surface area is 99.8 Å². The lowest BCUT2D eigenvalue weighted by Crippen LogP contribution is -1.99. The Balaban J connectivity index is 2.29. The van der Waals surface area contributed by atoms with Gasteiger partial charge in [0.15, 0.2) is 5.75 Å². The van der Waals surface area contributed by atoms with Crippen LogP contribution in [0.4, 0.5) is 5.69 Å². The molecule has 0 spiro atoms. The van der Waals surface area contributed by atoms with E-state index in [1.54, 1.807) is 31.5 Å². The molecule has 0 bridgehead atoms. The lowest BCUT2D eigenvalue weighted by molar-refractivity contribution is 0.397. The number of aryl methyl sites for hydroxylation is 1. The van der Waals surface area contributed by atoms with Gasteiger partial charge in [0.2, 0.25) is 0 Å². The average molecular weight is 233 g/mol. The van der Waals surface area contributed by atoms with Gasteiger partial charge in [-0.1, -0.05) is 0 Å². The molecule has 90 valence electrons. The molecule has 0 unspecified atom stereocenters. The molecule has 0 fully saturated rings. The zero-order valence-electron chi connectivity index (χ0n) is 9.88. The van der Waals surface area contributed by atoms with Crippen molar-refractivity contribution in [2.75, 3.05) is 12.8 Å². The zero-order valence-corrected chi connectivity index (χ0v) is 9.88. The maximum absolute atomic E-state index is 5.83. The second kappa shape index (κ2) is 4.78. The second-order valence-corrected chi connectivity index (χ2v) is 3.50. The highest BCUT2D eigenvalue weighted by molar-refractivity contribution is 5.56. The van der Waals surface area contributed by atoms with Crippen LogP contribution >= 0.6 is 0 Å². The molecular weight excluding hydrogens is 218 g/mol.